The molecule has 3 aromatic rings. The zero-order valence-corrected chi connectivity index (χ0v) is 19.3. The van der Waals surface area contributed by atoms with Crippen LogP contribution >= 0.6 is 11.3 Å². The number of benzene rings is 2. The van der Waals surface area contributed by atoms with Crippen molar-refractivity contribution in [2.75, 3.05) is 5.32 Å². The fourth-order valence-corrected chi connectivity index (χ4v) is 6.08. The molecular weight excluding hydrogens is 416 g/mol. The highest BCUT2D eigenvalue weighted by atomic mass is 32.1. The Morgan fingerprint density at radius 1 is 1.00 bits per heavy atom. The van der Waals surface area contributed by atoms with E-state index >= 15 is 0 Å². The van der Waals surface area contributed by atoms with Crippen LogP contribution in [0.5, 0.6) is 0 Å². The van der Waals surface area contributed by atoms with E-state index in [1.807, 2.05) is 58.8 Å². The average Bonchev–Trinajstić information content (AvgIpc) is 3.50. The summed E-state index contributed by atoms with van der Waals surface area (Å²) in [6.45, 7) is 4.12. The predicted molar refractivity (Wildman–Crippen MR) is 129 cm³/mol. The van der Waals surface area contributed by atoms with Crippen molar-refractivity contribution in [3.05, 3.63) is 87.1 Å². The number of nitrogens with zero attached hydrogens (tertiary/aromatic N) is 1. The second kappa shape index (κ2) is 8.55. The van der Waals surface area contributed by atoms with Crippen LogP contribution in [0.4, 0.5) is 5.69 Å². The lowest BCUT2D eigenvalue weighted by atomic mass is 9.80. The lowest BCUT2D eigenvalue weighted by Gasteiger charge is -2.44. The molecule has 0 unspecified atom stereocenters. The van der Waals surface area contributed by atoms with Gasteiger partial charge in [-0.2, -0.15) is 0 Å². The quantitative estimate of drug-likeness (QED) is 0.519. The van der Waals surface area contributed by atoms with E-state index in [0.717, 1.165) is 47.4 Å². The van der Waals surface area contributed by atoms with Gasteiger partial charge in [0.05, 0.1) is 12.0 Å². The smallest absolute Gasteiger partial charge is 0.254 e. The third-order valence-corrected chi connectivity index (χ3v) is 7.93. The Labute approximate surface area is 193 Å². The molecule has 1 aromatic heterocycles. The summed E-state index contributed by atoms with van der Waals surface area (Å²) >= 11 is 1.63. The number of hydrogen-bond acceptors (Lipinski definition) is 3. The minimum absolute atomic E-state index is 0.0566. The molecule has 0 bridgehead atoms. The number of carbonyl (C=O) groups is 2. The first-order valence-corrected chi connectivity index (χ1v) is 12.3. The van der Waals surface area contributed by atoms with Crippen LogP contribution in [0.25, 0.3) is 0 Å². The maximum absolute atomic E-state index is 13.9. The maximum atomic E-state index is 13.9. The Morgan fingerprint density at radius 3 is 2.50 bits per heavy atom. The van der Waals surface area contributed by atoms with E-state index in [4.69, 9.17) is 0 Å². The second-order valence-corrected chi connectivity index (χ2v) is 9.94. The molecule has 4 nitrogen and oxygen atoms in total. The van der Waals surface area contributed by atoms with Crippen molar-refractivity contribution >= 4 is 28.8 Å². The third kappa shape index (κ3) is 3.65. The standard InChI is InChI=1S/C27H28N2O2S/c1-17-13-14-19(16-18(17)2)28-26(30)24-21-10-5-6-11-22(21)27(31)29(20-8-3-4-9-20)25(24)23-12-7-15-32-23/h5-7,10-16,20,24-25H,3-4,8-9H2,1-2H3,(H,28,30)/t24-,25+/m0/s1. The fraction of sp³-hybridized carbons (Fsp3) is 0.333. The number of amides is 2. The van der Waals surface area contributed by atoms with Gasteiger partial charge in [-0.3, -0.25) is 9.59 Å². The maximum Gasteiger partial charge on any atom is 0.254 e. The van der Waals surface area contributed by atoms with Gasteiger partial charge in [0.1, 0.15) is 0 Å². The van der Waals surface area contributed by atoms with Crippen LogP contribution in [0.2, 0.25) is 0 Å². The Bertz CT molecular complexity index is 1150. The molecule has 0 radical (unpaired) electrons. The van der Waals surface area contributed by atoms with Crippen LogP contribution in [0.3, 0.4) is 0 Å². The fourth-order valence-electron chi connectivity index (χ4n) is 5.22. The first kappa shape index (κ1) is 21.0. The molecule has 2 aliphatic rings. The van der Waals surface area contributed by atoms with Crippen molar-refractivity contribution in [3.63, 3.8) is 0 Å². The first-order valence-electron chi connectivity index (χ1n) is 11.4. The lowest BCUT2D eigenvalue weighted by molar-refractivity contribution is -0.119. The van der Waals surface area contributed by atoms with Gasteiger partial charge >= 0.3 is 0 Å². The number of thiophene rings is 1. The molecule has 2 amide bonds. The number of rotatable bonds is 4. The Hall–Kier alpha value is -2.92. The number of carbonyl (C=O) groups excluding carboxylic acids is 2. The molecule has 0 spiro atoms. The van der Waals surface area contributed by atoms with E-state index in [1.54, 1.807) is 11.3 Å². The predicted octanol–water partition coefficient (Wildman–Crippen LogP) is 6.23. The third-order valence-electron chi connectivity index (χ3n) is 6.99. The summed E-state index contributed by atoms with van der Waals surface area (Å²) in [6.07, 6.45) is 4.27. The molecular formula is C27H28N2O2S. The Kier molecular flexibility index (Phi) is 5.60. The second-order valence-electron chi connectivity index (χ2n) is 8.96. The van der Waals surface area contributed by atoms with E-state index in [0.29, 0.717) is 5.56 Å². The highest BCUT2D eigenvalue weighted by Crippen LogP contribution is 2.47. The molecule has 1 N–H and O–H groups in total. The van der Waals surface area contributed by atoms with Gasteiger partial charge in [0.15, 0.2) is 0 Å². The van der Waals surface area contributed by atoms with Gasteiger partial charge in [-0.05, 0) is 73.0 Å². The first-order chi connectivity index (χ1) is 15.5. The molecule has 2 heterocycles. The van der Waals surface area contributed by atoms with Crippen LogP contribution in [0.1, 0.15) is 69.6 Å². The van der Waals surface area contributed by atoms with Crippen molar-refractivity contribution in [1.82, 2.24) is 4.90 Å². The van der Waals surface area contributed by atoms with E-state index in [9.17, 15) is 9.59 Å². The van der Waals surface area contributed by atoms with Crippen LogP contribution < -0.4 is 5.32 Å². The van der Waals surface area contributed by atoms with Gasteiger partial charge in [0.25, 0.3) is 5.91 Å². The van der Waals surface area contributed by atoms with Gasteiger partial charge in [-0.15, -0.1) is 11.3 Å². The molecule has 32 heavy (non-hydrogen) atoms. The highest BCUT2D eigenvalue weighted by Gasteiger charge is 2.47. The minimum atomic E-state index is -0.454. The number of fused-ring (bicyclic) bond motifs is 1. The van der Waals surface area contributed by atoms with E-state index in [-0.39, 0.29) is 23.9 Å². The summed E-state index contributed by atoms with van der Waals surface area (Å²) in [6, 6.07) is 17.6. The Balaban J connectivity index is 1.61. The van der Waals surface area contributed by atoms with Crippen molar-refractivity contribution in [1.29, 1.82) is 0 Å². The van der Waals surface area contributed by atoms with Gasteiger partial charge < -0.3 is 10.2 Å². The molecule has 5 rings (SSSR count). The van der Waals surface area contributed by atoms with Gasteiger partial charge in [0, 0.05) is 22.2 Å². The van der Waals surface area contributed by atoms with E-state index in [1.165, 1.54) is 5.56 Å². The molecule has 5 heteroatoms. The number of hydrogen-bond donors (Lipinski definition) is 1. The topological polar surface area (TPSA) is 49.4 Å². The van der Waals surface area contributed by atoms with Crippen molar-refractivity contribution < 1.29 is 9.59 Å². The summed E-state index contributed by atoms with van der Waals surface area (Å²) in [5.41, 5.74) is 4.62. The zero-order valence-electron chi connectivity index (χ0n) is 18.5. The summed E-state index contributed by atoms with van der Waals surface area (Å²) in [7, 11) is 0. The molecule has 2 atom stereocenters. The molecule has 2 aromatic carbocycles. The van der Waals surface area contributed by atoms with Gasteiger partial charge in [-0.1, -0.05) is 43.2 Å². The molecule has 1 aliphatic carbocycles. The summed E-state index contributed by atoms with van der Waals surface area (Å²) in [4.78, 5) is 30.7. The normalized spacial score (nSPS) is 20.9. The molecule has 1 saturated carbocycles. The molecule has 1 fully saturated rings. The number of anilines is 1. The van der Waals surface area contributed by atoms with Crippen LogP contribution in [0.15, 0.2) is 60.0 Å². The molecule has 1 aliphatic heterocycles. The van der Waals surface area contributed by atoms with Crippen molar-refractivity contribution in [2.45, 2.75) is 57.5 Å². The van der Waals surface area contributed by atoms with Crippen LogP contribution in [-0.4, -0.2) is 22.8 Å². The van der Waals surface area contributed by atoms with Crippen LogP contribution in [-0.2, 0) is 4.79 Å². The summed E-state index contributed by atoms with van der Waals surface area (Å²) in [5.74, 6) is -0.458. The van der Waals surface area contributed by atoms with E-state index in [2.05, 4.69) is 25.2 Å². The van der Waals surface area contributed by atoms with Gasteiger partial charge in [-0.25, -0.2) is 0 Å². The van der Waals surface area contributed by atoms with Gasteiger partial charge in [0.2, 0.25) is 5.91 Å². The van der Waals surface area contributed by atoms with Crippen LogP contribution in [0, 0.1) is 13.8 Å². The summed E-state index contributed by atoms with van der Waals surface area (Å²) < 4.78 is 0. The molecule has 0 saturated heterocycles. The Morgan fingerprint density at radius 2 is 1.78 bits per heavy atom. The van der Waals surface area contributed by atoms with E-state index < -0.39 is 5.92 Å². The average molecular weight is 445 g/mol. The largest absolute Gasteiger partial charge is 0.327 e. The highest BCUT2D eigenvalue weighted by molar-refractivity contribution is 7.10. The van der Waals surface area contributed by atoms with Crippen molar-refractivity contribution in [2.24, 2.45) is 0 Å². The number of aryl methyl sites for hydroxylation is 2. The van der Waals surface area contributed by atoms with Crippen molar-refractivity contribution in [3.8, 4) is 0 Å². The molecule has 164 valence electrons. The number of nitrogens with one attached hydrogen (secondary N) is 1. The minimum Gasteiger partial charge on any atom is -0.327 e. The zero-order chi connectivity index (χ0) is 22.2. The lowest BCUT2D eigenvalue weighted by Crippen LogP contribution is -2.49. The monoisotopic (exact) mass is 444 g/mol. The SMILES string of the molecule is Cc1ccc(NC(=O)[C@H]2c3ccccc3C(=O)N(C3CCCC3)[C@@H]2c2cccs2)cc1C. The summed E-state index contributed by atoms with van der Waals surface area (Å²) in [5, 5.41) is 5.20.